The van der Waals surface area contributed by atoms with E-state index in [1.54, 1.807) is 31.2 Å². The van der Waals surface area contributed by atoms with Gasteiger partial charge in [0.25, 0.3) is 0 Å². The van der Waals surface area contributed by atoms with Crippen LogP contribution in [0.1, 0.15) is 24.8 Å². The van der Waals surface area contributed by atoms with Gasteiger partial charge in [-0.25, -0.2) is 8.42 Å². The lowest BCUT2D eigenvalue weighted by atomic mass is 9.96. The number of carboxylic acids is 1. The summed E-state index contributed by atoms with van der Waals surface area (Å²) < 4.78 is 39.3. The van der Waals surface area contributed by atoms with Crippen LogP contribution in [-0.4, -0.2) is 73.0 Å². The highest BCUT2D eigenvalue weighted by Crippen LogP contribution is 2.32. The third-order valence-electron chi connectivity index (χ3n) is 5.02. The summed E-state index contributed by atoms with van der Waals surface area (Å²) >= 11 is 0. The molecule has 9 heteroatoms. The summed E-state index contributed by atoms with van der Waals surface area (Å²) in [5.41, 5.74) is 0.627. The third-order valence-corrected chi connectivity index (χ3v) is 7.07. The van der Waals surface area contributed by atoms with Crippen LogP contribution in [-0.2, 0) is 24.3 Å². The van der Waals surface area contributed by atoms with E-state index >= 15 is 0 Å². The van der Waals surface area contributed by atoms with E-state index in [4.69, 9.17) is 14.6 Å². The van der Waals surface area contributed by atoms with E-state index in [0.717, 1.165) is 0 Å². The first-order valence-corrected chi connectivity index (χ1v) is 10.4. The molecule has 2 aliphatic heterocycles. The second-order valence-corrected chi connectivity index (χ2v) is 8.93. The number of ether oxygens (including phenoxy) is 2. The number of rotatable bonds is 4. The van der Waals surface area contributed by atoms with Gasteiger partial charge in [0.2, 0.25) is 10.0 Å². The van der Waals surface area contributed by atoms with E-state index < -0.39 is 40.3 Å². The Kier molecular flexibility index (Phi) is 6.17. The van der Waals surface area contributed by atoms with Crippen LogP contribution in [0, 0.1) is 6.92 Å². The fourth-order valence-electron chi connectivity index (χ4n) is 3.74. The van der Waals surface area contributed by atoms with E-state index in [9.17, 15) is 18.3 Å². The summed E-state index contributed by atoms with van der Waals surface area (Å²) in [4.78, 5) is 11.2. The summed E-state index contributed by atoms with van der Waals surface area (Å²) in [5, 5.41) is 19.2. The highest BCUT2D eigenvalue weighted by Gasteiger charge is 2.43. The van der Waals surface area contributed by atoms with Crippen LogP contribution in [0.25, 0.3) is 0 Å². The molecular formula is C18H25NO7S. The number of benzene rings is 1. The number of hydrogen-bond acceptors (Lipinski definition) is 6. The van der Waals surface area contributed by atoms with Gasteiger partial charge in [-0.3, -0.25) is 4.79 Å². The number of fused-ring (bicyclic) bond motifs is 1. The Morgan fingerprint density at radius 1 is 1.26 bits per heavy atom. The molecule has 4 atom stereocenters. The monoisotopic (exact) mass is 399 g/mol. The number of aryl methyl sites for hydroxylation is 1. The lowest BCUT2D eigenvalue weighted by Gasteiger charge is -2.43. The van der Waals surface area contributed by atoms with Crippen molar-refractivity contribution in [3.8, 4) is 0 Å². The van der Waals surface area contributed by atoms with E-state index in [0.29, 0.717) is 18.4 Å². The zero-order chi connectivity index (χ0) is 19.6. The normalized spacial score (nSPS) is 30.1. The molecule has 0 aromatic heterocycles. The van der Waals surface area contributed by atoms with Gasteiger partial charge in [-0.15, -0.1) is 0 Å². The van der Waals surface area contributed by atoms with Crippen molar-refractivity contribution in [3.63, 3.8) is 0 Å². The molecule has 2 heterocycles. The Bertz CT molecular complexity index is 782. The van der Waals surface area contributed by atoms with Crippen LogP contribution in [0.3, 0.4) is 0 Å². The number of carboxylic acid groups (broad SMARTS) is 1. The van der Waals surface area contributed by atoms with Crippen molar-refractivity contribution in [2.45, 2.75) is 55.4 Å². The molecule has 3 rings (SSSR count). The van der Waals surface area contributed by atoms with Gasteiger partial charge in [0, 0.05) is 6.54 Å². The van der Waals surface area contributed by atoms with Crippen molar-refractivity contribution in [1.29, 1.82) is 0 Å². The summed E-state index contributed by atoms with van der Waals surface area (Å²) in [6.45, 7) is 1.74. The Balaban J connectivity index is 1.92. The molecule has 2 N–H and O–H groups in total. The molecular weight excluding hydrogens is 374 g/mol. The number of aliphatic carboxylic acids is 1. The number of aliphatic hydroxyl groups is 1. The van der Waals surface area contributed by atoms with Crippen molar-refractivity contribution in [2.75, 3.05) is 19.8 Å². The predicted octanol–water partition coefficient (Wildman–Crippen LogP) is 0.768. The first-order chi connectivity index (χ1) is 12.8. The molecule has 1 aromatic rings. The molecule has 2 fully saturated rings. The molecule has 27 heavy (non-hydrogen) atoms. The molecule has 2 aliphatic rings. The second kappa shape index (κ2) is 8.24. The third kappa shape index (κ3) is 4.49. The van der Waals surface area contributed by atoms with E-state index in [1.807, 2.05) is 0 Å². The highest BCUT2D eigenvalue weighted by atomic mass is 32.2. The average Bonchev–Trinajstić information content (AvgIpc) is 2.58. The van der Waals surface area contributed by atoms with E-state index in [2.05, 4.69) is 0 Å². The largest absolute Gasteiger partial charge is 0.481 e. The zero-order valence-electron chi connectivity index (χ0n) is 15.2. The number of β-amino-alcohol motifs (C(OH)–C–C–N with tert-alkyl or cyclic N) is 1. The number of carbonyl (C=O) groups is 1. The molecule has 0 unspecified atom stereocenters. The summed E-state index contributed by atoms with van der Waals surface area (Å²) in [5.74, 6) is -0.954. The van der Waals surface area contributed by atoms with E-state index in [1.165, 1.54) is 4.31 Å². The molecule has 0 spiro atoms. The summed E-state index contributed by atoms with van der Waals surface area (Å²) in [6, 6.07) is 6.20. The van der Waals surface area contributed by atoms with Gasteiger partial charge >= 0.3 is 5.97 Å². The standard InChI is InChI=1S/C18H25NO7S/c1-12-4-2-3-5-17(12)27(23,24)19-9-13(20)10-25-11-16-15(19)7-6-14(26-16)8-18(21)22/h2-5,13-16,20H,6-11H2,1H3,(H,21,22)/t13-,14-,15-,16+/m1/s1. The van der Waals surface area contributed by atoms with Gasteiger partial charge in [0.15, 0.2) is 0 Å². The van der Waals surface area contributed by atoms with Crippen LogP contribution in [0.15, 0.2) is 29.2 Å². The maximum absolute atomic E-state index is 13.4. The van der Waals surface area contributed by atoms with Crippen LogP contribution < -0.4 is 0 Å². The van der Waals surface area contributed by atoms with Crippen molar-refractivity contribution < 1.29 is 32.9 Å². The van der Waals surface area contributed by atoms with Crippen LogP contribution in [0.4, 0.5) is 0 Å². The Labute approximate surface area is 158 Å². The second-order valence-electron chi connectivity index (χ2n) is 7.07. The molecule has 0 aliphatic carbocycles. The van der Waals surface area contributed by atoms with Gasteiger partial charge in [0.05, 0.1) is 48.9 Å². The molecule has 0 saturated carbocycles. The Morgan fingerprint density at radius 2 is 2.00 bits per heavy atom. The molecule has 0 bridgehead atoms. The van der Waals surface area contributed by atoms with Crippen molar-refractivity contribution in [1.82, 2.24) is 4.31 Å². The topological polar surface area (TPSA) is 113 Å². The van der Waals surface area contributed by atoms with Gasteiger partial charge in [-0.2, -0.15) is 4.31 Å². The maximum Gasteiger partial charge on any atom is 0.305 e. The van der Waals surface area contributed by atoms with Gasteiger partial charge in [-0.1, -0.05) is 18.2 Å². The first-order valence-electron chi connectivity index (χ1n) is 8.99. The smallest absolute Gasteiger partial charge is 0.305 e. The first kappa shape index (κ1) is 20.2. The minimum absolute atomic E-state index is 0.00400. The lowest BCUT2D eigenvalue weighted by Crippen LogP contribution is -2.57. The van der Waals surface area contributed by atoms with Crippen molar-refractivity contribution >= 4 is 16.0 Å². The summed E-state index contributed by atoms with van der Waals surface area (Å²) in [7, 11) is -3.85. The summed E-state index contributed by atoms with van der Waals surface area (Å²) in [6.07, 6.45) is -1.24. The van der Waals surface area contributed by atoms with Crippen molar-refractivity contribution in [3.05, 3.63) is 29.8 Å². The maximum atomic E-state index is 13.4. The Morgan fingerprint density at radius 3 is 2.70 bits per heavy atom. The quantitative estimate of drug-likeness (QED) is 0.769. The van der Waals surface area contributed by atoms with Gasteiger partial charge in [-0.05, 0) is 31.4 Å². The van der Waals surface area contributed by atoms with Crippen molar-refractivity contribution in [2.24, 2.45) is 0 Å². The van der Waals surface area contributed by atoms with Crippen LogP contribution in [0.2, 0.25) is 0 Å². The number of sulfonamides is 1. The molecule has 0 radical (unpaired) electrons. The van der Waals surface area contributed by atoms with Gasteiger partial charge < -0.3 is 19.7 Å². The Hall–Kier alpha value is -1.52. The lowest BCUT2D eigenvalue weighted by molar-refractivity contribution is -0.155. The van der Waals surface area contributed by atoms with E-state index in [-0.39, 0.29) is 31.1 Å². The SMILES string of the molecule is Cc1ccccc1S(=O)(=O)N1C[C@@H](O)COC[C@@H]2O[C@@H](CC(=O)O)CC[C@H]21. The molecule has 2 saturated heterocycles. The van der Waals surface area contributed by atoms with Gasteiger partial charge in [0.1, 0.15) is 0 Å². The fourth-order valence-corrected chi connectivity index (χ4v) is 5.68. The van der Waals surface area contributed by atoms with Crippen LogP contribution in [0.5, 0.6) is 0 Å². The average molecular weight is 399 g/mol. The number of nitrogens with zero attached hydrogens (tertiary/aromatic N) is 1. The molecule has 150 valence electrons. The molecule has 8 nitrogen and oxygen atoms in total. The fraction of sp³-hybridized carbons (Fsp3) is 0.611. The number of hydrogen-bond donors (Lipinski definition) is 2. The molecule has 1 aromatic carbocycles. The van der Waals surface area contributed by atoms with Crippen LogP contribution >= 0.6 is 0 Å². The molecule has 0 amide bonds. The predicted molar refractivity (Wildman–Crippen MR) is 95.8 cm³/mol. The zero-order valence-corrected chi connectivity index (χ0v) is 16.0. The minimum atomic E-state index is -3.85. The highest BCUT2D eigenvalue weighted by molar-refractivity contribution is 7.89. The minimum Gasteiger partial charge on any atom is -0.481 e. The number of aliphatic hydroxyl groups excluding tert-OH is 1.